The summed E-state index contributed by atoms with van der Waals surface area (Å²) in [6, 6.07) is 10.4. The highest BCUT2D eigenvalue weighted by Gasteiger charge is 2.13. The number of guanidine groups is 1. The fourth-order valence-electron chi connectivity index (χ4n) is 3.31. The van der Waals surface area contributed by atoms with Gasteiger partial charge in [0.2, 0.25) is 0 Å². The van der Waals surface area contributed by atoms with Crippen LogP contribution in [0.4, 0.5) is 0 Å². The zero-order valence-corrected chi connectivity index (χ0v) is 20.2. The molecular formula is C22H34IN5O2. The first-order chi connectivity index (χ1) is 14.3. The maximum absolute atomic E-state index is 5.93. The van der Waals surface area contributed by atoms with Crippen molar-refractivity contribution in [2.45, 2.75) is 45.3 Å². The number of halogens is 1. The van der Waals surface area contributed by atoms with E-state index in [-0.39, 0.29) is 30.0 Å². The molecule has 166 valence electrons. The summed E-state index contributed by atoms with van der Waals surface area (Å²) in [6.07, 6.45) is 7.00. The van der Waals surface area contributed by atoms with E-state index in [9.17, 15) is 0 Å². The Kier molecular flexibility index (Phi) is 11.2. The highest BCUT2D eigenvalue weighted by atomic mass is 127. The normalized spacial score (nSPS) is 16.0. The SMILES string of the molecule is CCNC(=NCCCOC1CCOCC1)NC(C)c1cccc(-n2cccn2)c1.I. The van der Waals surface area contributed by atoms with Gasteiger partial charge in [-0.1, -0.05) is 12.1 Å². The van der Waals surface area contributed by atoms with Gasteiger partial charge in [-0.15, -0.1) is 24.0 Å². The third-order valence-electron chi connectivity index (χ3n) is 4.93. The molecule has 1 aromatic carbocycles. The summed E-state index contributed by atoms with van der Waals surface area (Å²) < 4.78 is 13.2. The third-order valence-corrected chi connectivity index (χ3v) is 4.93. The highest BCUT2D eigenvalue weighted by Crippen LogP contribution is 2.16. The fourth-order valence-corrected chi connectivity index (χ4v) is 3.31. The molecule has 3 rings (SSSR count). The Hall–Kier alpha value is -1.65. The van der Waals surface area contributed by atoms with Crippen molar-refractivity contribution in [3.8, 4) is 5.69 Å². The van der Waals surface area contributed by atoms with E-state index in [4.69, 9.17) is 14.5 Å². The van der Waals surface area contributed by atoms with E-state index in [1.807, 2.05) is 16.9 Å². The Morgan fingerprint density at radius 2 is 2.17 bits per heavy atom. The summed E-state index contributed by atoms with van der Waals surface area (Å²) in [6.45, 7) is 8.16. The van der Waals surface area contributed by atoms with Gasteiger partial charge in [-0.2, -0.15) is 5.10 Å². The van der Waals surface area contributed by atoms with Crippen molar-refractivity contribution in [2.24, 2.45) is 4.99 Å². The summed E-state index contributed by atoms with van der Waals surface area (Å²) in [5.74, 6) is 0.829. The van der Waals surface area contributed by atoms with Crippen LogP contribution in [0.25, 0.3) is 5.69 Å². The van der Waals surface area contributed by atoms with E-state index in [1.165, 1.54) is 5.56 Å². The molecule has 0 aliphatic carbocycles. The standard InChI is InChI=1S/C22H33N5O2.HI/c1-3-23-22(24-11-6-14-29-21-9-15-28-16-10-21)26-18(2)19-7-4-8-20(17-19)27-13-5-12-25-27;/h4-5,7-8,12-13,17-18,21H,3,6,9-11,14-16H2,1-2H3,(H2,23,24,26);1H. The first-order valence-corrected chi connectivity index (χ1v) is 10.6. The zero-order chi connectivity index (χ0) is 20.3. The fraction of sp³-hybridized carbons (Fsp3) is 0.545. The molecule has 0 amide bonds. The van der Waals surface area contributed by atoms with E-state index < -0.39 is 0 Å². The Morgan fingerprint density at radius 3 is 2.90 bits per heavy atom. The van der Waals surface area contributed by atoms with Gasteiger partial charge >= 0.3 is 0 Å². The summed E-state index contributed by atoms with van der Waals surface area (Å²) in [7, 11) is 0. The van der Waals surface area contributed by atoms with Crippen molar-refractivity contribution >= 4 is 29.9 Å². The second kappa shape index (κ2) is 13.6. The molecule has 8 heteroatoms. The molecule has 1 atom stereocenters. The van der Waals surface area contributed by atoms with Crippen molar-refractivity contribution in [3.63, 3.8) is 0 Å². The maximum atomic E-state index is 5.93. The molecule has 7 nitrogen and oxygen atoms in total. The minimum Gasteiger partial charge on any atom is -0.381 e. The number of hydrogen-bond acceptors (Lipinski definition) is 4. The molecule has 0 saturated carbocycles. The Labute approximate surface area is 196 Å². The van der Waals surface area contributed by atoms with Crippen molar-refractivity contribution in [3.05, 3.63) is 48.3 Å². The summed E-state index contributed by atoms with van der Waals surface area (Å²) in [4.78, 5) is 4.71. The number of benzene rings is 1. The van der Waals surface area contributed by atoms with Gasteiger partial charge in [0, 0.05) is 45.3 Å². The van der Waals surface area contributed by atoms with Gasteiger partial charge in [0.25, 0.3) is 0 Å². The van der Waals surface area contributed by atoms with Gasteiger partial charge in [0.05, 0.1) is 17.8 Å². The zero-order valence-electron chi connectivity index (χ0n) is 17.9. The largest absolute Gasteiger partial charge is 0.381 e. The van der Waals surface area contributed by atoms with Crippen LogP contribution in [0.3, 0.4) is 0 Å². The van der Waals surface area contributed by atoms with Crippen LogP contribution in [0.15, 0.2) is 47.7 Å². The smallest absolute Gasteiger partial charge is 0.191 e. The summed E-state index contributed by atoms with van der Waals surface area (Å²) >= 11 is 0. The average molecular weight is 527 g/mol. The number of nitrogens with zero attached hydrogens (tertiary/aromatic N) is 3. The van der Waals surface area contributed by atoms with Crippen LogP contribution in [-0.4, -0.2) is 54.8 Å². The molecule has 2 aromatic rings. The minimum atomic E-state index is 0. The van der Waals surface area contributed by atoms with Gasteiger partial charge < -0.3 is 20.1 Å². The van der Waals surface area contributed by atoms with Crippen LogP contribution in [0, 0.1) is 0 Å². The molecule has 1 aliphatic heterocycles. The quantitative estimate of drug-likeness (QED) is 0.225. The van der Waals surface area contributed by atoms with E-state index in [1.54, 1.807) is 6.20 Å². The lowest BCUT2D eigenvalue weighted by atomic mass is 10.1. The predicted molar refractivity (Wildman–Crippen MR) is 131 cm³/mol. The van der Waals surface area contributed by atoms with Gasteiger partial charge in [0.15, 0.2) is 5.96 Å². The summed E-state index contributed by atoms with van der Waals surface area (Å²) in [5.41, 5.74) is 2.24. The average Bonchev–Trinajstić information content (AvgIpc) is 3.29. The molecule has 1 aromatic heterocycles. The molecule has 0 radical (unpaired) electrons. The molecule has 1 saturated heterocycles. The second-order valence-electron chi connectivity index (χ2n) is 7.21. The minimum absolute atomic E-state index is 0. The van der Waals surface area contributed by atoms with Crippen molar-refractivity contribution < 1.29 is 9.47 Å². The third kappa shape index (κ3) is 7.88. The molecule has 1 aliphatic rings. The Morgan fingerprint density at radius 1 is 1.33 bits per heavy atom. The monoisotopic (exact) mass is 527 g/mol. The van der Waals surface area contributed by atoms with Gasteiger partial charge in [-0.3, -0.25) is 4.99 Å². The van der Waals surface area contributed by atoms with E-state index in [0.717, 1.165) is 63.8 Å². The second-order valence-corrected chi connectivity index (χ2v) is 7.21. The van der Waals surface area contributed by atoms with Gasteiger partial charge in [-0.05, 0) is 56.9 Å². The predicted octanol–water partition coefficient (Wildman–Crippen LogP) is 3.69. The first kappa shape index (κ1) is 24.6. The highest BCUT2D eigenvalue weighted by molar-refractivity contribution is 14.0. The molecule has 2 N–H and O–H groups in total. The molecule has 0 bridgehead atoms. The van der Waals surface area contributed by atoms with Crippen LogP contribution in [0.1, 0.15) is 44.7 Å². The van der Waals surface area contributed by atoms with Crippen LogP contribution in [0.2, 0.25) is 0 Å². The number of aromatic nitrogens is 2. The number of hydrogen-bond donors (Lipinski definition) is 2. The molecule has 1 unspecified atom stereocenters. The lowest BCUT2D eigenvalue weighted by Crippen LogP contribution is -2.38. The van der Waals surface area contributed by atoms with Crippen molar-refractivity contribution in [2.75, 3.05) is 32.9 Å². The van der Waals surface area contributed by atoms with Gasteiger partial charge in [0.1, 0.15) is 0 Å². The van der Waals surface area contributed by atoms with Gasteiger partial charge in [-0.25, -0.2) is 4.68 Å². The molecule has 30 heavy (non-hydrogen) atoms. The number of rotatable bonds is 9. The van der Waals surface area contributed by atoms with E-state index >= 15 is 0 Å². The topological polar surface area (TPSA) is 72.7 Å². The molecule has 1 fully saturated rings. The number of nitrogens with one attached hydrogen (secondary N) is 2. The lowest BCUT2D eigenvalue weighted by Gasteiger charge is -2.22. The maximum Gasteiger partial charge on any atom is 0.191 e. The molecular weight excluding hydrogens is 493 g/mol. The number of ether oxygens (including phenoxy) is 2. The molecule has 0 spiro atoms. The van der Waals surface area contributed by atoms with Crippen molar-refractivity contribution in [1.82, 2.24) is 20.4 Å². The first-order valence-electron chi connectivity index (χ1n) is 10.6. The number of aliphatic imine (C=N–C) groups is 1. The Balaban J connectivity index is 0.00000320. The summed E-state index contributed by atoms with van der Waals surface area (Å²) in [5, 5.41) is 11.1. The lowest BCUT2D eigenvalue weighted by molar-refractivity contribution is -0.0318. The van der Waals surface area contributed by atoms with Crippen LogP contribution in [-0.2, 0) is 9.47 Å². The van der Waals surface area contributed by atoms with Crippen LogP contribution < -0.4 is 10.6 Å². The van der Waals surface area contributed by atoms with Crippen LogP contribution >= 0.6 is 24.0 Å². The van der Waals surface area contributed by atoms with E-state index in [2.05, 4.69) is 53.8 Å². The van der Waals surface area contributed by atoms with E-state index in [0.29, 0.717) is 6.10 Å². The van der Waals surface area contributed by atoms with Crippen molar-refractivity contribution in [1.29, 1.82) is 0 Å². The van der Waals surface area contributed by atoms with Crippen LogP contribution in [0.5, 0.6) is 0 Å². The molecule has 2 heterocycles. The Bertz CT molecular complexity index is 748.